The van der Waals surface area contributed by atoms with Gasteiger partial charge in [0.15, 0.2) is 0 Å². The quantitative estimate of drug-likeness (QED) is 0.618. The summed E-state index contributed by atoms with van der Waals surface area (Å²) in [4.78, 5) is 4.89. The van der Waals surface area contributed by atoms with Gasteiger partial charge < -0.3 is 9.88 Å². The number of allylic oxidation sites excluding steroid dienone is 1. The highest BCUT2D eigenvalue weighted by atomic mass is 16.5. The summed E-state index contributed by atoms with van der Waals surface area (Å²) in [5.74, 6) is 1.74. The molecule has 0 saturated heterocycles. The van der Waals surface area contributed by atoms with Crippen LogP contribution in [0.25, 0.3) is 11.0 Å². The zero-order chi connectivity index (χ0) is 17.5. The van der Waals surface area contributed by atoms with Gasteiger partial charge in [0.1, 0.15) is 5.82 Å². The molecule has 0 aliphatic heterocycles. The van der Waals surface area contributed by atoms with Crippen molar-refractivity contribution in [3.63, 3.8) is 0 Å². The van der Waals surface area contributed by atoms with Crippen LogP contribution in [-0.2, 0) is 19.4 Å². The van der Waals surface area contributed by atoms with Crippen molar-refractivity contribution in [1.29, 1.82) is 0 Å². The summed E-state index contributed by atoms with van der Waals surface area (Å²) < 4.78 is 2.35. The molecule has 0 spiro atoms. The Morgan fingerprint density at radius 1 is 1.25 bits per heavy atom. The molecular formula is C19H30N4O. The second-order valence-corrected chi connectivity index (χ2v) is 6.95. The molecule has 1 aromatic carbocycles. The van der Waals surface area contributed by atoms with E-state index in [1.165, 1.54) is 17.3 Å². The Labute approximate surface area is 144 Å². The number of rotatable bonds is 9. The van der Waals surface area contributed by atoms with Crippen molar-refractivity contribution in [2.45, 2.75) is 53.1 Å². The fourth-order valence-electron chi connectivity index (χ4n) is 2.84. The average Bonchev–Trinajstić information content (AvgIpc) is 2.83. The minimum absolute atomic E-state index is 0.492. The van der Waals surface area contributed by atoms with Gasteiger partial charge in [0, 0.05) is 31.8 Å². The molecule has 5 nitrogen and oxygen atoms in total. The molecule has 1 heterocycles. The number of hydroxylamine groups is 1. The molecule has 2 aromatic rings. The van der Waals surface area contributed by atoms with Crippen LogP contribution < -0.4 is 10.8 Å². The van der Waals surface area contributed by atoms with E-state index in [4.69, 9.17) is 10.2 Å². The fraction of sp³-hybridized carbons (Fsp3) is 0.526. The molecule has 5 heteroatoms. The van der Waals surface area contributed by atoms with Gasteiger partial charge in [0.05, 0.1) is 11.0 Å². The van der Waals surface area contributed by atoms with Crippen LogP contribution in [0.15, 0.2) is 30.5 Å². The maximum atomic E-state index is 8.60. The van der Waals surface area contributed by atoms with Crippen molar-refractivity contribution in [1.82, 2.24) is 20.3 Å². The molecule has 0 bridgehead atoms. The van der Waals surface area contributed by atoms with Crippen molar-refractivity contribution < 1.29 is 5.21 Å². The van der Waals surface area contributed by atoms with Crippen LogP contribution in [0.2, 0.25) is 0 Å². The summed E-state index contributed by atoms with van der Waals surface area (Å²) in [5.41, 5.74) is 5.48. The first kappa shape index (κ1) is 18.5. The third-order valence-electron chi connectivity index (χ3n) is 3.92. The van der Waals surface area contributed by atoms with Crippen molar-refractivity contribution in [3.05, 3.63) is 41.9 Å². The summed E-state index contributed by atoms with van der Waals surface area (Å²) in [6.45, 7) is 10.7. The Balaban J connectivity index is 2.27. The van der Waals surface area contributed by atoms with Crippen LogP contribution in [0.3, 0.4) is 0 Å². The summed E-state index contributed by atoms with van der Waals surface area (Å²) in [7, 11) is 0. The standard InChI is InChI=1S/C19H30N4O/c1-14(2)12-19-22-17-13-16(6-5-9-21-24)7-8-18(17)23(19)11-10-20-15(3)4/h5,7-9,13-15,20-21,24H,6,10-12H2,1-4H3/b9-5+. The Bertz CT molecular complexity index is 673. The highest BCUT2D eigenvalue weighted by Crippen LogP contribution is 2.20. The van der Waals surface area contributed by atoms with Gasteiger partial charge in [0.2, 0.25) is 0 Å². The monoisotopic (exact) mass is 330 g/mol. The SMILES string of the molecule is CC(C)Cc1nc2cc(C/C=C/NO)ccc2n1CCNC(C)C. The van der Waals surface area contributed by atoms with Crippen LogP contribution >= 0.6 is 0 Å². The Kier molecular flexibility index (Phi) is 6.82. The molecule has 0 atom stereocenters. The number of hydrogen-bond donors (Lipinski definition) is 3. The van der Waals surface area contributed by atoms with Gasteiger partial charge in [0.25, 0.3) is 0 Å². The number of aromatic nitrogens is 2. The van der Waals surface area contributed by atoms with Gasteiger partial charge in [-0.2, -0.15) is 0 Å². The van der Waals surface area contributed by atoms with Crippen LogP contribution in [0.4, 0.5) is 0 Å². The molecule has 0 fully saturated rings. The highest BCUT2D eigenvalue weighted by Gasteiger charge is 2.12. The van der Waals surface area contributed by atoms with E-state index < -0.39 is 0 Å². The number of nitrogens with zero attached hydrogens (tertiary/aromatic N) is 2. The van der Waals surface area contributed by atoms with Crippen LogP contribution in [-0.4, -0.2) is 27.3 Å². The maximum absolute atomic E-state index is 8.60. The van der Waals surface area contributed by atoms with E-state index in [0.29, 0.717) is 12.0 Å². The Hall–Kier alpha value is -1.85. The molecule has 0 radical (unpaired) electrons. The minimum Gasteiger partial charge on any atom is -0.327 e. The zero-order valence-electron chi connectivity index (χ0n) is 15.2. The van der Waals surface area contributed by atoms with Crippen molar-refractivity contribution in [2.24, 2.45) is 5.92 Å². The third kappa shape index (κ3) is 5.08. The molecule has 132 valence electrons. The lowest BCUT2D eigenvalue weighted by molar-refractivity contribution is 0.214. The highest BCUT2D eigenvalue weighted by molar-refractivity contribution is 5.77. The molecule has 2 rings (SSSR count). The van der Waals surface area contributed by atoms with Gasteiger partial charge in [-0.15, -0.1) is 0 Å². The van der Waals surface area contributed by atoms with E-state index in [1.54, 1.807) is 0 Å². The van der Waals surface area contributed by atoms with Crippen LogP contribution in [0, 0.1) is 5.92 Å². The van der Waals surface area contributed by atoms with Crippen molar-refractivity contribution in [2.75, 3.05) is 6.54 Å². The van der Waals surface area contributed by atoms with Crippen molar-refractivity contribution >= 4 is 11.0 Å². The van der Waals surface area contributed by atoms with Gasteiger partial charge in [-0.3, -0.25) is 10.7 Å². The summed E-state index contributed by atoms with van der Waals surface area (Å²) in [6.07, 6.45) is 5.18. The summed E-state index contributed by atoms with van der Waals surface area (Å²) in [6, 6.07) is 6.94. The molecule has 0 amide bonds. The number of imidazole rings is 1. The molecule has 1 aromatic heterocycles. The molecule has 0 saturated carbocycles. The van der Waals surface area contributed by atoms with E-state index in [9.17, 15) is 0 Å². The molecular weight excluding hydrogens is 300 g/mol. The summed E-state index contributed by atoms with van der Waals surface area (Å²) in [5, 5.41) is 12.1. The van der Waals surface area contributed by atoms with E-state index >= 15 is 0 Å². The van der Waals surface area contributed by atoms with Gasteiger partial charge in [-0.1, -0.05) is 39.8 Å². The largest absolute Gasteiger partial charge is 0.327 e. The van der Waals surface area contributed by atoms with Crippen LogP contribution in [0.1, 0.15) is 39.1 Å². The Morgan fingerprint density at radius 2 is 2.04 bits per heavy atom. The van der Waals surface area contributed by atoms with Gasteiger partial charge in [-0.25, -0.2) is 4.98 Å². The van der Waals surface area contributed by atoms with Crippen molar-refractivity contribution in [3.8, 4) is 0 Å². The van der Waals surface area contributed by atoms with E-state index in [2.05, 4.69) is 55.8 Å². The lowest BCUT2D eigenvalue weighted by atomic mass is 10.1. The molecule has 0 unspecified atom stereocenters. The molecule has 3 N–H and O–H groups in total. The third-order valence-corrected chi connectivity index (χ3v) is 3.92. The lowest BCUT2D eigenvalue weighted by Crippen LogP contribution is -2.27. The van der Waals surface area contributed by atoms with Gasteiger partial charge in [-0.05, 0) is 30.0 Å². The van der Waals surface area contributed by atoms with Gasteiger partial charge >= 0.3 is 0 Å². The predicted octanol–water partition coefficient (Wildman–Crippen LogP) is 3.27. The zero-order valence-corrected chi connectivity index (χ0v) is 15.2. The lowest BCUT2D eigenvalue weighted by Gasteiger charge is -2.13. The maximum Gasteiger partial charge on any atom is 0.110 e. The Morgan fingerprint density at radius 3 is 2.71 bits per heavy atom. The smallest absolute Gasteiger partial charge is 0.110 e. The predicted molar refractivity (Wildman–Crippen MR) is 99.2 cm³/mol. The first-order valence-electron chi connectivity index (χ1n) is 8.77. The fourth-order valence-corrected chi connectivity index (χ4v) is 2.84. The van der Waals surface area contributed by atoms with E-state index in [-0.39, 0.29) is 0 Å². The van der Waals surface area contributed by atoms with E-state index in [1.807, 2.05) is 11.6 Å². The molecule has 24 heavy (non-hydrogen) atoms. The molecule has 0 aliphatic carbocycles. The number of fused-ring (bicyclic) bond motifs is 1. The number of benzene rings is 1. The number of nitrogens with one attached hydrogen (secondary N) is 2. The summed E-state index contributed by atoms with van der Waals surface area (Å²) >= 11 is 0. The normalized spacial score (nSPS) is 12.1. The van der Waals surface area contributed by atoms with E-state index in [0.717, 1.165) is 37.3 Å². The minimum atomic E-state index is 0.492. The molecule has 0 aliphatic rings. The van der Waals surface area contributed by atoms with Crippen LogP contribution in [0.5, 0.6) is 0 Å². The topological polar surface area (TPSA) is 62.1 Å². The second kappa shape index (κ2) is 8.85. The average molecular weight is 330 g/mol. The first-order chi connectivity index (χ1) is 11.5. The number of hydrogen-bond acceptors (Lipinski definition) is 4. The second-order valence-electron chi connectivity index (χ2n) is 6.95. The first-order valence-corrected chi connectivity index (χ1v) is 8.77.